The van der Waals surface area contributed by atoms with Crippen LogP contribution in [0.4, 0.5) is 0 Å². The van der Waals surface area contributed by atoms with Gasteiger partial charge in [0.2, 0.25) is 0 Å². The fourth-order valence-electron chi connectivity index (χ4n) is 1.37. The first-order valence-corrected chi connectivity index (χ1v) is 17.6. The number of carboxylic acids is 6. The Morgan fingerprint density at radius 2 is 0.571 bits per heavy atom. The summed E-state index contributed by atoms with van der Waals surface area (Å²) >= 11 is -7.52. The van der Waals surface area contributed by atoms with Crippen LogP contribution in [-0.4, -0.2) is 57.2 Å². The van der Waals surface area contributed by atoms with Gasteiger partial charge in [-0.2, -0.15) is 0 Å². The van der Waals surface area contributed by atoms with Crippen molar-refractivity contribution in [1.29, 1.82) is 0 Å². The van der Waals surface area contributed by atoms with Crippen molar-refractivity contribution < 1.29 is 166 Å². The summed E-state index contributed by atoms with van der Waals surface area (Å²) in [6.45, 7) is 0. The average Bonchev–Trinajstić information content (AvgIpc) is 2.61. The first-order chi connectivity index (χ1) is 15.8. The molecule has 23 heteroatoms. The Bertz CT molecular complexity index is 733. The van der Waals surface area contributed by atoms with Crippen molar-refractivity contribution >= 4 is 35.8 Å². The predicted molar refractivity (Wildman–Crippen MR) is 62.5 cm³/mol. The van der Waals surface area contributed by atoms with Gasteiger partial charge in [-0.1, -0.05) is 0 Å². The molecule has 0 heterocycles. The average molecular weight is 1190 g/mol. The Labute approximate surface area is 236 Å². The second-order valence-electron chi connectivity index (χ2n) is 5.08. The molecular weight excluding hydrogens is 1180 g/mol. The molecule has 0 aromatic carbocycles. The van der Waals surface area contributed by atoms with Crippen molar-refractivity contribution in [2.75, 3.05) is 0 Å². The van der Waals surface area contributed by atoms with Gasteiger partial charge < -0.3 is 69.6 Å². The number of carbonyl (C=O) groups is 6. The quantitative estimate of drug-likeness (QED) is 0.205. The van der Waals surface area contributed by atoms with Gasteiger partial charge in [-0.05, 0) is 0 Å². The van der Waals surface area contributed by atoms with Crippen LogP contribution in [0.3, 0.4) is 0 Å². The second kappa shape index (κ2) is 25.8. The number of hydrogen-bond acceptors (Lipinski definition) is 20. The van der Waals surface area contributed by atoms with Crippen molar-refractivity contribution in [2.45, 2.75) is 36.9 Å². The summed E-state index contributed by atoms with van der Waals surface area (Å²) in [5.41, 5.74) is -5.95. The minimum atomic E-state index is -2.97. The predicted octanol–water partition coefficient (Wildman–Crippen LogP) is -11.2. The van der Waals surface area contributed by atoms with Gasteiger partial charge in [0.25, 0.3) is 0 Å². The standard InChI is InChI=1S/2C6H8O7.6O.3U/c2*7-3(8)1-6(13,5(11)12)2-4(9)10;;;;;;;;;/h2*13H,1-2H2,(H,7,8)(H,9,10)(H,11,12);;;;;;;;;/q;;;;;;;;3*+2/p-6. The maximum atomic E-state index is 10.1. The molecule has 0 aromatic rings. The molecular formula is C12H10O20U3. The van der Waals surface area contributed by atoms with Crippen LogP contribution in [0.1, 0.15) is 25.7 Å². The number of aliphatic hydroxyl groups is 2. The number of carbonyl (C=O) groups excluding carboxylic acids is 6. The molecule has 0 aliphatic carbocycles. The third kappa shape index (κ3) is 32.7. The molecule has 0 saturated heterocycles. The van der Waals surface area contributed by atoms with E-state index in [2.05, 4.69) is 0 Å². The van der Waals surface area contributed by atoms with Crippen LogP contribution in [0.25, 0.3) is 0 Å². The van der Waals surface area contributed by atoms with Gasteiger partial charge in [0.1, 0.15) is 11.2 Å². The van der Waals surface area contributed by atoms with Gasteiger partial charge in [0, 0.05) is 49.6 Å². The van der Waals surface area contributed by atoms with Gasteiger partial charge in [-0.25, -0.2) is 0 Å². The molecule has 0 rings (SSSR count). The van der Waals surface area contributed by atoms with Gasteiger partial charge in [-0.3, -0.25) is 0 Å². The Balaban J connectivity index is -0.000000128. The summed E-state index contributed by atoms with van der Waals surface area (Å²) in [4.78, 5) is 60.0. The zero-order valence-electron chi connectivity index (χ0n) is 16.6. The minimum absolute atomic E-state index is 1.36. The van der Waals surface area contributed by atoms with E-state index in [0.717, 1.165) is 0 Å². The first-order valence-electron chi connectivity index (χ1n) is 7.45. The molecule has 0 amide bonds. The van der Waals surface area contributed by atoms with E-state index in [-0.39, 0.29) is 0 Å². The normalized spacial score (nSPS) is 8.74. The molecule has 0 unspecified atom stereocenters. The Hall–Kier alpha value is -1.30. The zero-order valence-corrected chi connectivity index (χ0v) is 29.1. The van der Waals surface area contributed by atoms with Crippen LogP contribution in [0, 0.1) is 83.5 Å². The Morgan fingerprint density at radius 1 is 0.457 bits per heavy atom. The summed E-state index contributed by atoms with van der Waals surface area (Å²) in [5, 5.41) is 77.9. The third-order valence-electron chi connectivity index (χ3n) is 2.51. The van der Waals surface area contributed by atoms with E-state index < -0.39 is 156 Å². The van der Waals surface area contributed by atoms with Crippen molar-refractivity contribution in [3.8, 4) is 0 Å². The van der Waals surface area contributed by atoms with Gasteiger partial charge >= 0.3 is 96.9 Å². The maximum absolute atomic E-state index is 10.1. The summed E-state index contributed by atoms with van der Waals surface area (Å²) in [6, 6.07) is 0. The molecule has 0 spiro atoms. The number of hydrogen-bond donors (Lipinski definition) is 2. The molecule has 0 radical (unpaired) electrons. The van der Waals surface area contributed by atoms with Crippen molar-refractivity contribution in [3.63, 3.8) is 0 Å². The third-order valence-corrected chi connectivity index (χ3v) is 2.51. The monoisotopic (exact) mass is 1190 g/mol. The van der Waals surface area contributed by atoms with E-state index in [9.17, 15) is 59.4 Å². The zero-order chi connectivity index (χ0) is 29.4. The molecule has 0 bridgehead atoms. The molecule has 0 aliphatic rings. The molecule has 2 N–H and O–H groups in total. The van der Waals surface area contributed by atoms with Crippen LogP contribution in [0.2, 0.25) is 0 Å². The van der Waals surface area contributed by atoms with E-state index in [1.54, 1.807) is 0 Å². The topological polar surface area (TPSA) is 384 Å². The molecule has 0 aromatic heterocycles. The molecule has 190 valence electrons. The second-order valence-corrected chi connectivity index (χ2v) is 7.17. The first kappa shape index (κ1) is 43.7. The molecule has 0 aliphatic heterocycles. The molecule has 35 heavy (non-hydrogen) atoms. The Kier molecular flexibility index (Phi) is 32.2. The van der Waals surface area contributed by atoms with Gasteiger partial charge in [-0.15, -0.1) is 0 Å². The van der Waals surface area contributed by atoms with E-state index in [4.69, 9.17) is 23.6 Å². The number of carboxylic acid groups (broad SMARTS) is 6. The van der Waals surface area contributed by atoms with Gasteiger partial charge in [0.05, 0.1) is 11.9 Å². The van der Waals surface area contributed by atoms with Gasteiger partial charge in [0.15, 0.2) is 0 Å². The number of aliphatic carboxylic acids is 6. The summed E-state index contributed by atoms with van der Waals surface area (Å²) in [7, 11) is 0. The van der Waals surface area contributed by atoms with E-state index in [0.29, 0.717) is 0 Å². The SMILES string of the molecule is O=C([O-])CC(O)(CC(=O)[O-])C(=O)[O-].O=C([O-])CC(O)(CC(=O)[O-])C(=O)[O-].[O]=[U+2]=[O].[O]=[U+2]=[O].[O]=[U+2]=[O]. The van der Waals surface area contributed by atoms with Crippen LogP contribution < -0.4 is 30.6 Å². The van der Waals surface area contributed by atoms with Crippen molar-refractivity contribution in [1.82, 2.24) is 0 Å². The van der Waals surface area contributed by atoms with E-state index in [1.807, 2.05) is 0 Å². The molecule has 0 atom stereocenters. The summed E-state index contributed by atoms with van der Waals surface area (Å²) in [5.74, 6) is -12.0. The molecule has 0 saturated carbocycles. The number of rotatable bonds is 10. The summed E-state index contributed by atoms with van der Waals surface area (Å²) in [6.07, 6.45) is -5.43. The van der Waals surface area contributed by atoms with Crippen LogP contribution in [0.5, 0.6) is 0 Å². The fourth-order valence-corrected chi connectivity index (χ4v) is 1.37. The fraction of sp³-hybridized carbons (Fsp3) is 0.500. The van der Waals surface area contributed by atoms with E-state index >= 15 is 0 Å². The van der Waals surface area contributed by atoms with E-state index in [1.165, 1.54) is 0 Å². The van der Waals surface area contributed by atoms with Crippen LogP contribution in [0.15, 0.2) is 0 Å². The summed E-state index contributed by atoms with van der Waals surface area (Å²) < 4.78 is 51.5. The van der Waals surface area contributed by atoms with Crippen LogP contribution >= 0.6 is 0 Å². The Morgan fingerprint density at radius 3 is 0.629 bits per heavy atom. The molecule has 20 nitrogen and oxygen atoms in total. The van der Waals surface area contributed by atoms with Crippen molar-refractivity contribution in [3.05, 3.63) is 0 Å². The van der Waals surface area contributed by atoms with Crippen molar-refractivity contribution in [2.24, 2.45) is 0 Å². The molecule has 0 fully saturated rings. The van der Waals surface area contributed by atoms with Crippen LogP contribution in [-0.2, 0) is 42.2 Å².